The van der Waals surface area contributed by atoms with Crippen molar-refractivity contribution in [2.45, 2.75) is 0 Å². The van der Waals surface area contributed by atoms with E-state index in [4.69, 9.17) is 0 Å². The summed E-state index contributed by atoms with van der Waals surface area (Å²) in [4.78, 5) is 12.1. The van der Waals surface area contributed by atoms with Gasteiger partial charge in [-0.15, -0.1) is 0 Å². The van der Waals surface area contributed by atoms with Crippen molar-refractivity contribution in [1.82, 2.24) is 15.0 Å². The molecule has 6 rings (SSSR count). The number of phenols is 3. The lowest BCUT2D eigenvalue weighted by Gasteiger charge is -1.96. The summed E-state index contributed by atoms with van der Waals surface area (Å²) in [5.41, 5.74) is 1.99. The molecule has 34 heavy (non-hydrogen) atoms. The summed E-state index contributed by atoms with van der Waals surface area (Å²) in [6, 6.07) is 27.4. The summed E-state index contributed by atoms with van der Waals surface area (Å²) in [6.45, 7) is 0. The SMILES string of the molecule is Oc1cccc2cccnc12.Oc1cccc2cccnc12.Oc1cccc2cccnc12.[Al]. The van der Waals surface area contributed by atoms with Crippen LogP contribution in [0, 0.1) is 0 Å². The number of nitrogens with zero attached hydrogens (tertiary/aromatic N) is 3. The van der Waals surface area contributed by atoms with E-state index in [0.717, 1.165) is 16.2 Å². The minimum Gasteiger partial charge on any atom is -0.506 e. The van der Waals surface area contributed by atoms with Crippen LogP contribution in [0.25, 0.3) is 32.7 Å². The van der Waals surface area contributed by atoms with Crippen LogP contribution < -0.4 is 0 Å². The third-order valence-electron chi connectivity index (χ3n) is 4.83. The first-order chi connectivity index (χ1) is 16.1. The maximum Gasteiger partial charge on any atom is 0.141 e. The van der Waals surface area contributed by atoms with Crippen molar-refractivity contribution in [3.05, 3.63) is 110 Å². The van der Waals surface area contributed by atoms with Crippen molar-refractivity contribution in [3.63, 3.8) is 0 Å². The predicted molar refractivity (Wildman–Crippen MR) is 136 cm³/mol. The van der Waals surface area contributed by atoms with E-state index in [0.29, 0.717) is 16.6 Å². The fourth-order valence-electron chi connectivity index (χ4n) is 3.26. The zero-order chi connectivity index (χ0) is 23.0. The number of benzene rings is 3. The van der Waals surface area contributed by atoms with Gasteiger partial charge in [-0.25, -0.2) is 0 Å². The first-order valence-corrected chi connectivity index (χ1v) is 10.2. The molecule has 3 heterocycles. The Morgan fingerprint density at radius 1 is 0.382 bits per heavy atom. The minimum atomic E-state index is 0. The molecule has 7 heteroatoms. The molecular formula is C27H21AlN3O3. The minimum absolute atomic E-state index is 0. The lowest BCUT2D eigenvalue weighted by atomic mass is 10.2. The molecule has 3 radical (unpaired) electrons. The fraction of sp³-hybridized carbons (Fsp3) is 0. The van der Waals surface area contributed by atoms with Crippen molar-refractivity contribution in [2.75, 3.05) is 0 Å². The van der Waals surface area contributed by atoms with Gasteiger partial charge in [0.2, 0.25) is 0 Å². The molecule has 0 aliphatic rings. The highest BCUT2D eigenvalue weighted by Gasteiger charge is 1.98. The van der Waals surface area contributed by atoms with E-state index in [1.54, 1.807) is 55.0 Å². The number of hydrogen-bond donors (Lipinski definition) is 3. The number of hydrogen-bond acceptors (Lipinski definition) is 6. The van der Waals surface area contributed by atoms with Crippen LogP contribution in [0.2, 0.25) is 0 Å². The van der Waals surface area contributed by atoms with Gasteiger partial charge in [0.15, 0.2) is 0 Å². The van der Waals surface area contributed by atoms with Crippen molar-refractivity contribution in [3.8, 4) is 17.2 Å². The van der Waals surface area contributed by atoms with Gasteiger partial charge in [-0.2, -0.15) is 0 Å². The van der Waals surface area contributed by atoms with Crippen LogP contribution in [-0.4, -0.2) is 47.6 Å². The number of pyridine rings is 3. The van der Waals surface area contributed by atoms with Crippen LogP contribution in [0.4, 0.5) is 0 Å². The van der Waals surface area contributed by atoms with E-state index in [9.17, 15) is 15.3 Å². The van der Waals surface area contributed by atoms with Gasteiger partial charge in [0.05, 0.1) is 0 Å². The number of para-hydroxylation sites is 3. The van der Waals surface area contributed by atoms with Crippen molar-refractivity contribution in [2.24, 2.45) is 0 Å². The van der Waals surface area contributed by atoms with Gasteiger partial charge >= 0.3 is 0 Å². The Morgan fingerprint density at radius 2 is 0.647 bits per heavy atom. The molecule has 3 aromatic heterocycles. The first-order valence-electron chi connectivity index (χ1n) is 10.2. The maximum absolute atomic E-state index is 9.31. The monoisotopic (exact) mass is 462 g/mol. The summed E-state index contributed by atoms with van der Waals surface area (Å²) in [5, 5.41) is 30.8. The smallest absolute Gasteiger partial charge is 0.141 e. The molecule has 3 aromatic carbocycles. The van der Waals surface area contributed by atoms with Gasteiger partial charge in [-0.3, -0.25) is 15.0 Å². The molecule has 165 valence electrons. The summed E-state index contributed by atoms with van der Waals surface area (Å²) in [7, 11) is 0. The summed E-state index contributed by atoms with van der Waals surface area (Å²) >= 11 is 0. The molecule has 0 saturated carbocycles. The Labute approximate surface area is 207 Å². The van der Waals surface area contributed by atoms with Crippen LogP contribution in [0.1, 0.15) is 0 Å². The lowest BCUT2D eigenvalue weighted by molar-refractivity contribution is 0.480. The van der Waals surface area contributed by atoms with Gasteiger partial charge in [-0.1, -0.05) is 54.6 Å². The molecule has 0 bridgehead atoms. The number of aromatic nitrogens is 3. The second-order valence-electron chi connectivity index (χ2n) is 7.06. The van der Waals surface area contributed by atoms with Gasteiger partial charge in [0.1, 0.15) is 33.8 Å². The molecule has 0 unspecified atom stereocenters. The molecule has 0 saturated heterocycles. The molecule has 6 nitrogen and oxygen atoms in total. The highest BCUT2D eigenvalue weighted by molar-refractivity contribution is 5.85. The van der Waals surface area contributed by atoms with Gasteiger partial charge in [0.25, 0.3) is 0 Å². The predicted octanol–water partition coefficient (Wildman–Crippen LogP) is 5.44. The number of rotatable bonds is 0. The molecule has 0 fully saturated rings. The average molecular weight is 462 g/mol. The number of phenolic OH excluding ortho intramolecular Hbond substituents is 3. The molecule has 0 atom stereocenters. The van der Waals surface area contributed by atoms with Gasteiger partial charge in [0, 0.05) is 52.1 Å². The van der Waals surface area contributed by atoms with Gasteiger partial charge < -0.3 is 15.3 Å². The molecule has 0 spiro atoms. The Morgan fingerprint density at radius 3 is 0.912 bits per heavy atom. The Balaban J connectivity index is 0.000000141. The topological polar surface area (TPSA) is 99.4 Å². The Hall–Kier alpha value is -4.18. The largest absolute Gasteiger partial charge is 0.506 e. The van der Waals surface area contributed by atoms with Crippen LogP contribution in [0.3, 0.4) is 0 Å². The highest BCUT2D eigenvalue weighted by atomic mass is 27.0. The third kappa shape index (κ3) is 5.79. The Kier molecular flexibility index (Phi) is 8.36. The second-order valence-corrected chi connectivity index (χ2v) is 7.06. The molecule has 0 aliphatic heterocycles. The van der Waals surface area contributed by atoms with Crippen molar-refractivity contribution < 1.29 is 15.3 Å². The third-order valence-corrected chi connectivity index (χ3v) is 4.83. The van der Waals surface area contributed by atoms with E-state index >= 15 is 0 Å². The summed E-state index contributed by atoms with van der Waals surface area (Å²) in [5.74, 6) is 0.717. The summed E-state index contributed by atoms with van der Waals surface area (Å²) < 4.78 is 0. The standard InChI is InChI=1S/3C9H7NO.Al/c3*11-8-5-1-3-7-4-2-6-10-9(7)8;/h3*1-6,11H;. The molecular weight excluding hydrogens is 441 g/mol. The average Bonchev–Trinajstić information content (AvgIpc) is 2.86. The quantitative estimate of drug-likeness (QED) is 0.260. The highest BCUT2D eigenvalue weighted by Crippen LogP contribution is 2.22. The zero-order valence-corrected chi connectivity index (χ0v) is 19.3. The first kappa shape index (κ1) is 24.5. The van der Waals surface area contributed by atoms with E-state index < -0.39 is 0 Å². The van der Waals surface area contributed by atoms with E-state index in [-0.39, 0.29) is 34.6 Å². The Bertz CT molecular complexity index is 1330. The van der Waals surface area contributed by atoms with Crippen LogP contribution in [0.15, 0.2) is 110 Å². The molecule has 0 amide bonds. The molecule has 3 N–H and O–H groups in total. The number of fused-ring (bicyclic) bond motifs is 3. The fourth-order valence-corrected chi connectivity index (χ4v) is 3.26. The zero-order valence-electron chi connectivity index (χ0n) is 18.2. The second kappa shape index (κ2) is 11.6. The molecule has 6 aromatic rings. The van der Waals surface area contributed by atoms with Crippen molar-refractivity contribution in [1.29, 1.82) is 0 Å². The lowest BCUT2D eigenvalue weighted by Crippen LogP contribution is -1.76. The number of aromatic hydroxyl groups is 3. The van der Waals surface area contributed by atoms with Gasteiger partial charge in [-0.05, 0) is 36.4 Å². The maximum atomic E-state index is 9.31. The summed E-state index contributed by atoms with van der Waals surface area (Å²) in [6.07, 6.45) is 5.01. The van der Waals surface area contributed by atoms with Crippen LogP contribution in [-0.2, 0) is 0 Å². The van der Waals surface area contributed by atoms with E-state index in [1.807, 2.05) is 54.6 Å². The van der Waals surface area contributed by atoms with Crippen LogP contribution >= 0.6 is 0 Å². The normalized spacial score (nSPS) is 9.88. The van der Waals surface area contributed by atoms with E-state index in [1.165, 1.54) is 0 Å². The van der Waals surface area contributed by atoms with E-state index in [2.05, 4.69) is 15.0 Å². The van der Waals surface area contributed by atoms with Crippen LogP contribution in [0.5, 0.6) is 17.2 Å². The van der Waals surface area contributed by atoms with Crippen molar-refractivity contribution >= 4 is 50.1 Å². The molecule has 0 aliphatic carbocycles.